The molecule has 0 bridgehead atoms. The lowest BCUT2D eigenvalue weighted by atomic mass is 10.0. The summed E-state index contributed by atoms with van der Waals surface area (Å²) in [6.07, 6.45) is -3.11. The van der Waals surface area contributed by atoms with E-state index in [4.69, 9.17) is 51.0 Å². The minimum absolute atomic E-state index is 0.00720. The topological polar surface area (TPSA) is 610 Å². The molecule has 450 valence electrons. The number of carbonyl (C=O) groups excluding carboxylic acids is 10. The largest absolute Gasteiger partial charge is 0.481 e. The molecule has 0 unspecified atom stereocenters. The summed E-state index contributed by atoms with van der Waals surface area (Å²) in [4.78, 5) is 170. The van der Waals surface area contributed by atoms with Gasteiger partial charge in [0.1, 0.15) is 48.3 Å². The lowest BCUT2D eigenvalue weighted by Crippen LogP contribution is -2.62. The number of guanidine groups is 3. The van der Waals surface area contributed by atoms with E-state index in [0.29, 0.717) is 6.42 Å². The molecule has 0 spiro atoms. The molecule has 0 radical (unpaired) electrons. The number of aliphatic imine (C=N–C) groups is 3. The quantitative estimate of drug-likeness (QED) is 0.0157. The lowest BCUT2D eigenvalue weighted by Gasteiger charge is -2.30. The standard InChI is InChI=1S/C45H80N20O15/c1-20(2)32(39(76)62-26(17-29(47)67)34(71)57-19-30(68)58-27(42(79)80)18-31(69)70)63-36(73)25(11-7-15-56-45(52)53)61-40(77)33(22(4)66)64-37(74)24(10-6-14-55-44(50)51)59-35(72)23(9-5-13-54-43(48)49)60-38(75)28-12-8-16-65(28)41(78)21(3)46/h20-28,32-33,66H,5-19,46H2,1-4H3,(H2,47,67)(H,57,71)(H,58,68)(H,59,72)(H,60,75)(H,61,77)(H,62,76)(H,63,73)(H,64,74)(H,69,70)(H,79,80)(H4,48,49,54)(H4,50,51,55)(H4,52,53,56)/t21-,22+,23-,24-,25-,26-,27-,28-,32-,33-/m0/s1. The van der Waals surface area contributed by atoms with Gasteiger partial charge in [-0.3, -0.25) is 67.7 Å². The second-order valence-corrected chi connectivity index (χ2v) is 19.0. The molecule has 1 saturated heterocycles. The summed E-state index contributed by atoms with van der Waals surface area (Å²) >= 11 is 0. The summed E-state index contributed by atoms with van der Waals surface area (Å²) in [6, 6.07) is -13.4. The van der Waals surface area contributed by atoms with Gasteiger partial charge in [-0.2, -0.15) is 0 Å². The van der Waals surface area contributed by atoms with Crippen molar-refractivity contribution < 1.29 is 72.9 Å². The molecule has 0 aromatic carbocycles. The van der Waals surface area contributed by atoms with Gasteiger partial charge in [0, 0.05) is 26.2 Å². The third-order valence-corrected chi connectivity index (χ3v) is 11.7. The zero-order valence-electron chi connectivity index (χ0n) is 45.1. The van der Waals surface area contributed by atoms with E-state index in [1.54, 1.807) is 0 Å². The van der Waals surface area contributed by atoms with Crippen LogP contribution in [0.25, 0.3) is 0 Å². The number of rotatable bonds is 36. The van der Waals surface area contributed by atoms with Crippen LogP contribution in [0.15, 0.2) is 15.0 Å². The molecule has 0 aromatic heterocycles. The maximum Gasteiger partial charge on any atom is 0.326 e. The number of carboxylic acid groups (broad SMARTS) is 2. The zero-order valence-corrected chi connectivity index (χ0v) is 45.1. The molecule has 1 aliphatic heterocycles. The molecule has 0 aromatic rings. The first kappa shape index (κ1) is 69.4. The fourth-order valence-corrected chi connectivity index (χ4v) is 7.71. The van der Waals surface area contributed by atoms with Gasteiger partial charge in [0.2, 0.25) is 59.1 Å². The summed E-state index contributed by atoms with van der Waals surface area (Å²) in [5.74, 6) is -14.6. The van der Waals surface area contributed by atoms with Crippen LogP contribution in [0.3, 0.4) is 0 Å². The summed E-state index contributed by atoms with van der Waals surface area (Å²) in [5.41, 5.74) is 43.9. The molecule has 1 rings (SSSR count). The van der Waals surface area contributed by atoms with Crippen LogP contribution in [0.1, 0.15) is 91.9 Å². The molecular formula is C45H80N20O15. The van der Waals surface area contributed by atoms with E-state index in [2.05, 4.69) is 52.2 Å². The molecule has 1 aliphatic rings. The second-order valence-electron chi connectivity index (χ2n) is 19.0. The van der Waals surface area contributed by atoms with E-state index in [9.17, 15) is 67.7 Å². The summed E-state index contributed by atoms with van der Waals surface area (Å²) in [7, 11) is 0. The van der Waals surface area contributed by atoms with E-state index in [1.807, 2.05) is 5.32 Å². The SMILES string of the molecule is CC(C)[C@H](NC(=O)[C@H](CCCN=C(N)N)NC(=O)[C@@H](NC(=O)[C@H](CCCN=C(N)N)NC(=O)[C@H](CCCN=C(N)N)NC(=O)[C@@H]1CCCN1C(=O)[C@H](C)N)[C@@H](C)O)C(=O)N[C@@H](CC(N)=O)C(=O)NCC(=O)N[C@@H](CC(=O)O)C(=O)O. The Morgan fingerprint density at radius 3 is 1.41 bits per heavy atom. The lowest BCUT2D eigenvalue weighted by molar-refractivity contribution is -0.147. The maximum atomic E-state index is 14.2. The van der Waals surface area contributed by atoms with Crippen molar-refractivity contribution in [2.24, 2.45) is 66.8 Å². The van der Waals surface area contributed by atoms with Crippen molar-refractivity contribution in [2.45, 2.75) is 152 Å². The first-order valence-electron chi connectivity index (χ1n) is 25.4. The van der Waals surface area contributed by atoms with Crippen molar-refractivity contribution in [3.63, 3.8) is 0 Å². The van der Waals surface area contributed by atoms with E-state index in [1.165, 1.54) is 25.7 Å². The average molecular weight is 1140 g/mol. The molecule has 1 heterocycles. The van der Waals surface area contributed by atoms with Crippen LogP contribution >= 0.6 is 0 Å². The first-order chi connectivity index (χ1) is 37.4. The van der Waals surface area contributed by atoms with Gasteiger partial charge in [0.05, 0.1) is 31.5 Å². The highest BCUT2D eigenvalue weighted by molar-refractivity contribution is 5.99. The molecule has 35 nitrogen and oxygen atoms in total. The Labute approximate surface area is 460 Å². The van der Waals surface area contributed by atoms with Crippen molar-refractivity contribution in [2.75, 3.05) is 32.7 Å². The summed E-state index contributed by atoms with van der Waals surface area (Å²) in [5, 5.41) is 47.9. The van der Waals surface area contributed by atoms with Gasteiger partial charge >= 0.3 is 11.9 Å². The maximum absolute atomic E-state index is 14.2. The zero-order chi connectivity index (χ0) is 61.0. The van der Waals surface area contributed by atoms with E-state index in [0.717, 1.165) is 6.92 Å². The van der Waals surface area contributed by atoms with Gasteiger partial charge in [0.25, 0.3) is 0 Å². The molecule has 1 fully saturated rings. The highest BCUT2D eigenvalue weighted by Crippen LogP contribution is 2.19. The summed E-state index contributed by atoms with van der Waals surface area (Å²) in [6.45, 7) is 4.77. The molecule has 10 atom stereocenters. The van der Waals surface area contributed by atoms with Crippen molar-refractivity contribution in [1.29, 1.82) is 0 Å². The summed E-state index contributed by atoms with van der Waals surface area (Å²) < 4.78 is 0. The number of carbonyl (C=O) groups is 12. The van der Waals surface area contributed by atoms with E-state index < -0.39 is 157 Å². The number of aliphatic hydroxyl groups is 1. The van der Waals surface area contributed by atoms with Gasteiger partial charge in [-0.1, -0.05) is 13.8 Å². The van der Waals surface area contributed by atoms with E-state index >= 15 is 0 Å². The van der Waals surface area contributed by atoms with Crippen molar-refractivity contribution in [3.05, 3.63) is 0 Å². The van der Waals surface area contributed by atoms with Crippen molar-refractivity contribution in [1.82, 2.24) is 47.4 Å². The number of carboxylic acids is 2. The number of likely N-dealkylation sites (tertiary alicyclic amines) is 1. The first-order valence-corrected chi connectivity index (χ1v) is 25.4. The van der Waals surface area contributed by atoms with Crippen LogP contribution in [0.2, 0.25) is 0 Å². The van der Waals surface area contributed by atoms with Crippen LogP contribution < -0.4 is 88.4 Å². The predicted molar refractivity (Wildman–Crippen MR) is 285 cm³/mol. The molecule has 0 aliphatic carbocycles. The molecular weight excluding hydrogens is 1060 g/mol. The molecule has 10 amide bonds. The second kappa shape index (κ2) is 35.0. The Kier molecular flexibility index (Phi) is 30.4. The number of nitrogens with zero attached hydrogens (tertiary/aromatic N) is 4. The Bertz CT molecular complexity index is 2290. The minimum Gasteiger partial charge on any atom is -0.481 e. The van der Waals surface area contributed by atoms with Gasteiger partial charge in [-0.25, -0.2) is 4.79 Å². The average Bonchev–Trinajstić information content (AvgIpc) is 3.85. The Morgan fingerprint density at radius 2 is 0.988 bits per heavy atom. The molecule has 35 heteroatoms. The fourth-order valence-electron chi connectivity index (χ4n) is 7.71. The highest BCUT2D eigenvalue weighted by Gasteiger charge is 2.39. The Balaban J connectivity index is 3.53. The van der Waals surface area contributed by atoms with Crippen LogP contribution in [-0.4, -0.2) is 202 Å². The normalized spacial score (nSPS) is 16.1. The van der Waals surface area contributed by atoms with Gasteiger partial charge in [0.15, 0.2) is 17.9 Å². The number of aliphatic carboxylic acids is 2. The van der Waals surface area contributed by atoms with Crippen LogP contribution in [0.4, 0.5) is 0 Å². The molecule has 80 heavy (non-hydrogen) atoms. The number of nitrogens with two attached hydrogens (primary N) is 8. The number of aliphatic hydroxyl groups excluding tert-OH is 1. The third kappa shape index (κ3) is 26.1. The third-order valence-electron chi connectivity index (χ3n) is 11.7. The van der Waals surface area contributed by atoms with E-state index in [-0.39, 0.29) is 89.0 Å². The van der Waals surface area contributed by atoms with Crippen LogP contribution in [0.5, 0.6) is 0 Å². The number of hydrogen-bond donors (Lipinski definition) is 19. The number of amides is 10. The predicted octanol–water partition coefficient (Wildman–Crippen LogP) is -9.53. The van der Waals surface area contributed by atoms with Crippen LogP contribution in [-0.2, 0) is 57.5 Å². The van der Waals surface area contributed by atoms with Gasteiger partial charge in [-0.15, -0.1) is 0 Å². The molecule has 0 saturated carbocycles. The Hall–Kier alpha value is -8.63. The van der Waals surface area contributed by atoms with Crippen molar-refractivity contribution in [3.8, 4) is 0 Å². The number of hydrogen-bond acceptors (Lipinski definition) is 17. The number of nitrogens with one attached hydrogen (secondary N) is 8. The van der Waals surface area contributed by atoms with Crippen molar-refractivity contribution >= 4 is 88.9 Å². The smallest absolute Gasteiger partial charge is 0.326 e. The Morgan fingerprint density at radius 1 is 0.550 bits per heavy atom. The fraction of sp³-hybridized carbons (Fsp3) is 0.667. The van der Waals surface area contributed by atoms with Crippen LogP contribution in [0, 0.1) is 5.92 Å². The highest BCUT2D eigenvalue weighted by atomic mass is 16.4. The minimum atomic E-state index is -1.87. The van der Waals surface area contributed by atoms with Gasteiger partial charge in [-0.05, 0) is 71.1 Å². The number of primary amides is 1. The van der Waals surface area contributed by atoms with Gasteiger partial charge < -0.3 is 109 Å². The monoisotopic (exact) mass is 1140 g/mol. The molecule has 27 N–H and O–H groups in total.